The second-order valence-corrected chi connectivity index (χ2v) is 5.63. The molecule has 0 fully saturated rings. The van der Waals surface area contributed by atoms with E-state index in [9.17, 15) is 23.2 Å². The molecule has 0 aromatic heterocycles. The summed E-state index contributed by atoms with van der Waals surface area (Å²) < 4.78 is 33.9. The second kappa shape index (κ2) is 10.0. The van der Waals surface area contributed by atoms with Crippen molar-refractivity contribution < 1.29 is 32.6 Å². The van der Waals surface area contributed by atoms with E-state index in [2.05, 4.69) is 20.7 Å². The zero-order chi connectivity index (χ0) is 21.4. The molecule has 0 saturated heterocycles. The molecule has 29 heavy (non-hydrogen) atoms. The molecule has 0 aliphatic rings. The Morgan fingerprint density at radius 2 is 1.62 bits per heavy atom. The van der Waals surface area contributed by atoms with Gasteiger partial charge >= 0.3 is 6.61 Å². The summed E-state index contributed by atoms with van der Waals surface area (Å²) in [6.45, 7) is -3.36. The molecule has 2 aromatic rings. The van der Waals surface area contributed by atoms with Gasteiger partial charge in [-0.15, -0.1) is 0 Å². The van der Waals surface area contributed by atoms with E-state index in [4.69, 9.17) is 4.74 Å². The summed E-state index contributed by atoms with van der Waals surface area (Å²) in [5, 5.41) is 7.47. The van der Waals surface area contributed by atoms with Gasteiger partial charge in [0.2, 0.25) is 5.91 Å². The minimum Gasteiger partial charge on any atom is -0.493 e. The summed E-state index contributed by atoms with van der Waals surface area (Å²) in [6.07, 6.45) is 0. The Morgan fingerprint density at radius 3 is 2.21 bits per heavy atom. The van der Waals surface area contributed by atoms with Gasteiger partial charge in [-0.05, 0) is 42.5 Å². The number of alkyl halides is 2. The summed E-state index contributed by atoms with van der Waals surface area (Å²) in [5.74, 6) is -1.60. The number of rotatable bonds is 8. The third kappa shape index (κ3) is 6.16. The monoisotopic (exact) mass is 407 g/mol. The zero-order valence-electron chi connectivity index (χ0n) is 15.6. The lowest BCUT2D eigenvalue weighted by Gasteiger charge is -2.11. The van der Waals surface area contributed by atoms with E-state index >= 15 is 0 Å². The molecular formula is C19H19F2N3O5. The van der Waals surface area contributed by atoms with Crippen LogP contribution in [0.25, 0.3) is 0 Å². The van der Waals surface area contributed by atoms with Crippen LogP contribution in [-0.2, 0) is 4.79 Å². The SMILES string of the molecule is CNC(=O)c1ccc(NC(=O)CNC(=O)c2ccc(OC(F)F)c(OC)c2)cc1. The maximum atomic E-state index is 12.3. The van der Waals surface area contributed by atoms with E-state index < -0.39 is 18.4 Å². The molecule has 0 spiro atoms. The van der Waals surface area contributed by atoms with Crippen LogP contribution in [-0.4, -0.2) is 45.0 Å². The maximum absolute atomic E-state index is 12.3. The van der Waals surface area contributed by atoms with E-state index in [0.717, 1.165) is 0 Å². The standard InChI is InChI=1S/C19H19F2N3O5/c1-22-17(26)11-3-6-13(7-4-11)24-16(25)10-23-18(27)12-5-8-14(29-19(20)21)15(9-12)28-2/h3-9,19H,10H2,1-2H3,(H,22,26)(H,23,27)(H,24,25). The van der Waals surface area contributed by atoms with Crippen LogP contribution in [0.3, 0.4) is 0 Å². The fourth-order valence-corrected chi connectivity index (χ4v) is 2.32. The smallest absolute Gasteiger partial charge is 0.387 e. The Hall–Kier alpha value is -3.69. The van der Waals surface area contributed by atoms with Crippen molar-refractivity contribution in [3.8, 4) is 11.5 Å². The van der Waals surface area contributed by atoms with Gasteiger partial charge in [0.15, 0.2) is 11.5 Å². The number of hydrogen-bond donors (Lipinski definition) is 3. The summed E-state index contributed by atoms with van der Waals surface area (Å²) in [5.41, 5.74) is 0.991. The van der Waals surface area contributed by atoms with Gasteiger partial charge in [-0.2, -0.15) is 8.78 Å². The van der Waals surface area contributed by atoms with Gasteiger partial charge in [0.25, 0.3) is 11.8 Å². The normalized spacial score (nSPS) is 10.2. The van der Waals surface area contributed by atoms with Crippen molar-refractivity contribution in [2.75, 3.05) is 26.0 Å². The molecule has 0 radical (unpaired) electrons. The van der Waals surface area contributed by atoms with Gasteiger partial charge in [-0.25, -0.2) is 0 Å². The van der Waals surface area contributed by atoms with Crippen LogP contribution >= 0.6 is 0 Å². The number of halogens is 2. The number of methoxy groups -OCH3 is 1. The molecule has 3 amide bonds. The first-order chi connectivity index (χ1) is 13.8. The van der Waals surface area contributed by atoms with Crippen LogP contribution in [0.15, 0.2) is 42.5 Å². The predicted molar refractivity (Wildman–Crippen MR) is 100 cm³/mol. The van der Waals surface area contributed by atoms with Gasteiger partial charge in [0, 0.05) is 23.9 Å². The van der Waals surface area contributed by atoms with E-state index in [1.54, 1.807) is 24.3 Å². The molecule has 0 heterocycles. The number of amides is 3. The number of carbonyl (C=O) groups is 3. The quantitative estimate of drug-likeness (QED) is 0.621. The van der Waals surface area contributed by atoms with E-state index in [1.165, 1.54) is 32.4 Å². The molecule has 0 unspecified atom stereocenters. The van der Waals surface area contributed by atoms with Crippen LogP contribution < -0.4 is 25.4 Å². The lowest BCUT2D eigenvalue weighted by Crippen LogP contribution is -2.32. The molecule has 3 N–H and O–H groups in total. The summed E-state index contributed by atoms with van der Waals surface area (Å²) in [6, 6.07) is 9.86. The minimum atomic E-state index is -3.03. The lowest BCUT2D eigenvalue weighted by atomic mass is 10.2. The van der Waals surface area contributed by atoms with E-state index in [-0.39, 0.29) is 29.5 Å². The summed E-state index contributed by atoms with van der Waals surface area (Å²) in [7, 11) is 2.76. The molecule has 0 saturated carbocycles. The van der Waals surface area contributed by atoms with Crippen LogP contribution in [0.1, 0.15) is 20.7 Å². The first-order valence-electron chi connectivity index (χ1n) is 8.37. The molecule has 8 nitrogen and oxygen atoms in total. The number of benzene rings is 2. The van der Waals surface area contributed by atoms with Crippen LogP contribution in [0.4, 0.5) is 14.5 Å². The molecule has 0 aliphatic carbocycles. The number of anilines is 1. The van der Waals surface area contributed by atoms with Crippen molar-refractivity contribution in [3.63, 3.8) is 0 Å². The third-order valence-electron chi connectivity index (χ3n) is 3.71. The molecular weight excluding hydrogens is 388 g/mol. The number of nitrogens with one attached hydrogen (secondary N) is 3. The fourth-order valence-electron chi connectivity index (χ4n) is 2.32. The summed E-state index contributed by atoms with van der Waals surface area (Å²) >= 11 is 0. The minimum absolute atomic E-state index is 0.0430. The largest absolute Gasteiger partial charge is 0.493 e. The predicted octanol–water partition coefficient (Wildman–Crippen LogP) is 2.02. The Morgan fingerprint density at radius 1 is 0.966 bits per heavy atom. The van der Waals surface area contributed by atoms with Crippen LogP contribution in [0.2, 0.25) is 0 Å². The number of carbonyl (C=O) groups excluding carboxylic acids is 3. The highest BCUT2D eigenvalue weighted by atomic mass is 19.3. The highest BCUT2D eigenvalue weighted by Crippen LogP contribution is 2.29. The van der Waals surface area contributed by atoms with Gasteiger partial charge in [0.1, 0.15) is 0 Å². The van der Waals surface area contributed by atoms with Crippen molar-refractivity contribution in [3.05, 3.63) is 53.6 Å². The number of hydrogen-bond acceptors (Lipinski definition) is 5. The van der Waals surface area contributed by atoms with Crippen LogP contribution in [0.5, 0.6) is 11.5 Å². The number of ether oxygens (including phenoxy) is 2. The van der Waals surface area contributed by atoms with Gasteiger partial charge in [-0.3, -0.25) is 14.4 Å². The first kappa shape index (κ1) is 21.6. The Kier molecular flexibility index (Phi) is 7.47. The molecule has 154 valence electrons. The fraction of sp³-hybridized carbons (Fsp3) is 0.211. The summed E-state index contributed by atoms with van der Waals surface area (Å²) in [4.78, 5) is 35.6. The van der Waals surface area contributed by atoms with Crippen LogP contribution in [0, 0.1) is 0 Å². The first-order valence-corrected chi connectivity index (χ1v) is 8.37. The topological polar surface area (TPSA) is 106 Å². The van der Waals surface area contributed by atoms with Gasteiger partial charge < -0.3 is 25.4 Å². The van der Waals surface area contributed by atoms with Crippen molar-refractivity contribution in [1.29, 1.82) is 0 Å². The molecule has 2 aromatic carbocycles. The van der Waals surface area contributed by atoms with Gasteiger partial charge in [0.05, 0.1) is 13.7 Å². The highest BCUT2D eigenvalue weighted by molar-refractivity contribution is 6.00. The van der Waals surface area contributed by atoms with Crippen molar-refractivity contribution >= 4 is 23.4 Å². The van der Waals surface area contributed by atoms with E-state index in [1.807, 2.05) is 0 Å². The molecule has 2 rings (SSSR count). The maximum Gasteiger partial charge on any atom is 0.387 e. The average Bonchev–Trinajstić information content (AvgIpc) is 2.71. The molecule has 0 atom stereocenters. The molecule has 10 heteroatoms. The second-order valence-electron chi connectivity index (χ2n) is 5.63. The third-order valence-corrected chi connectivity index (χ3v) is 3.71. The highest BCUT2D eigenvalue weighted by Gasteiger charge is 2.15. The van der Waals surface area contributed by atoms with E-state index in [0.29, 0.717) is 11.3 Å². The van der Waals surface area contributed by atoms with Gasteiger partial charge in [-0.1, -0.05) is 0 Å². The van der Waals surface area contributed by atoms with Crippen molar-refractivity contribution in [1.82, 2.24) is 10.6 Å². The van der Waals surface area contributed by atoms with Crippen molar-refractivity contribution in [2.24, 2.45) is 0 Å². The molecule has 0 aliphatic heterocycles. The Bertz CT molecular complexity index is 888. The molecule has 0 bridgehead atoms. The Balaban J connectivity index is 1.92. The lowest BCUT2D eigenvalue weighted by molar-refractivity contribution is -0.115. The Labute approximate surface area is 165 Å². The average molecular weight is 407 g/mol. The zero-order valence-corrected chi connectivity index (χ0v) is 15.6. The van der Waals surface area contributed by atoms with Crippen molar-refractivity contribution in [2.45, 2.75) is 6.61 Å².